The molecule has 0 aliphatic heterocycles. The molecule has 0 saturated carbocycles. The lowest BCUT2D eigenvalue weighted by molar-refractivity contribution is 0.210. The first-order valence-electron chi connectivity index (χ1n) is 5.30. The monoisotopic (exact) mass is 234 g/mol. The Hall–Kier alpha value is -1.95. The lowest BCUT2D eigenvalue weighted by Crippen LogP contribution is -2.07. The van der Waals surface area contributed by atoms with Gasteiger partial charge in [-0.05, 0) is 19.1 Å². The molecule has 0 fully saturated rings. The third-order valence-corrected chi connectivity index (χ3v) is 2.13. The number of aromatic nitrogens is 3. The Labute approximate surface area is 99.0 Å². The van der Waals surface area contributed by atoms with Gasteiger partial charge in [-0.15, -0.1) is 0 Å². The van der Waals surface area contributed by atoms with Crippen LogP contribution in [-0.2, 0) is 4.74 Å². The van der Waals surface area contributed by atoms with Gasteiger partial charge in [0.15, 0.2) is 0 Å². The van der Waals surface area contributed by atoms with Crippen LogP contribution in [0.15, 0.2) is 22.7 Å². The predicted molar refractivity (Wildman–Crippen MR) is 62.6 cm³/mol. The Kier molecular flexibility index (Phi) is 3.66. The van der Waals surface area contributed by atoms with Gasteiger partial charge < -0.3 is 14.6 Å². The van der Waals surface area contributed by atoms with Gasteiger partial charge in [-0.2, -0.15) is 4.98 Å². The second-order valence-electron chi connectivity index (χ2n) is 3.51. The molecule has 1 N–H and O–H groups in total. The molecule has 90 valence electrons. The zero-order valence-corrected chi connectivity index (χ0v) is 9.80. The summed E-state index contributed by atoms with van der Waals surface area (Å²) in [5, 5.41) is 6.81. The van der Waals surface area contributed by atoms with Crippen molar-refractivity contribution < 1.29 is 9.26 Å². The molecule has 2 heterocycles. The molecule has 0 radical (unpaired) electrons. The molecule has 2 aromatic rings. The second kappa shape index (κ2) is 5.40. The summed E-state index contributed by atoms with van der Waals surface area (Å²) >= 11 is 0. The van der Waals surface area contributed by atoms with Crippen LogP contribution in [0.2, 0.25) is 0 Å². The van der Waals surface area contributed by atoms with Crippen molar-refractivity contribution in [2.45, 2.75) is 6.92 Å². The van der Waals surface area contributed by atoms with Gasteiger partial charge in [0.25, 0.3) is 0 Å². The molecule has 6 heteroatoms. The summed E-state index contributed by atoms with van der Waals surface area (Å²) in [5.41, 5.74) is 1.62. The number of rotatable bonds is 5. The van der Waals surface area contributed by atoms with Crippen LogP contribution >= 0.6 is 0 Å². The lowest BCUT2D eigenvalue weighted by atomic mass is 10.3. The highest BCUT2D eigenvalue weighted by atomic mass is 16.5. The number of anilines is 1. The minimum atomic E-state index is 0.375. The highest BCUT2D eigenvalue weighted by Gasteiger charge is 2.08. The molecular weight excluding hydrogens is 220 g/mol. The van der Waals surface area contributed by atoms with Crippen molar-refractivity contribution in [2.75, 3.05) is 25.6 Å². The van der Waals surface area contributed by atoms with E-state index in [9.17, 15) is 0 Å². The molecule has 17 heavy (non-hydrogen) atoms. The fourth-order valence-electron chi connectivity index (χ4n) is 1.33. The molecule has 2 aromatic heterocycles. The van der Waals surface area contributed by atoms with E-state index in [0.29, 0.717) is 30.7 Å². The third-order valence-electron chi connectivity index (χ3n) is 2.13. The SMILES string of the molecule is COCCNc1nc(-c2cccc(C)n2)no1. The number of hydrogen-bond donors (Lipinski definition) is 1. The molecule has 6 nitrogen and oxygen atoms in total. The van der Waals surface area contributed by atoms with Gasteiger partial charge in [-0.1, -0.05) is 11.2 Å². The van der Waals surface area contributed by atoms with Gasteiger partial charge in [0.2, 0.25) is 5.82 Å². The summed E-state index contributed by atoms with van der Waals surface area (Å²) in [6.45, 7) is 3.13. The van der Waals surface area contributed by atoms with Gasteiger partial charge in [0, 0.05) is 19.3 Å². The Morgan fingerprint density at radius 1 is 1.35 bits per heavy atom. The summed E-state index contributed by atoms with van der Waals surface area (Å²) < 4.78 is 9.94. The van der Waals surface area contributed by atoms with E-state index in [1.807, 2.05) is 25.1 Å². The van der Waals surface area contributed by atoms with Crippen molar-refractivity contribution in [3.63, 3.8) is 0 Å². The highest BCUT2D eigenvalue weighted by molar-refractivity contribution is 5.49. The molecule has 0 saturated heterocycles. The smallest absolute Gasteiger partial charge is 0.321 e. The van der Waals surface area contributed by atoms with Crippen molar-refractivity contribution in [3.05, 3.63) is 23.9 Å². The summed E-state index contributed by atoms with van der Waals surface area (Å²) in [4.78, 5) is 8.50. The van der Waals surface area contributed by atoms with Crippen LogP contribution < -0.4 is 5.32 Å². The standard InChI is InChI=1S/C11H14N4O2/c1-8-4-3-5-9(13-8)10-14-11(17-15-10)12-6-7-16-2/h3-5H,6-7H2,1-2H3,(H,12,14,15). The predicted octanol–water partition coefficient (Wildman–Crippen LogP) is 1.50. The normalized spacial score (nSPS) is 10.5. The maximum absolute atomic E-state index is 5.04. The average molecular weight is 234 g/mol. The van der Waals surface area contributed by atoms with Gasteiger partial charge in [0.05, 0.1) is 6.61 Å². The fraction of sp³-hybridized carbons (Fsp3) is 0.364. The molecule has 2 rings (SSSR count). The zero-order chi connectivity index (χ0) is 12.1. The number of pyridine rings is 1. The van der Waals surface area contributed by atoms with Crippen molar-refractivity contribution in [3.8, 4) is 11.5 Å². The Bertz CT molecular complexity index is 484. The number of ether oxygens (including phenoxy) is 1. The van der Waals surface area contributed by atoms with Crippen molar-refractivity contribution in [1.82, 2.24) is 15.1 Å². The van der Waals surface area contributed by atoms with Crippen LogP contribution in [0.5, 0.6) is 0 Å². The van der Waals surface area contributed by atoms with Crippen molar-refractivity contribution in [1.29, 1.82) is 0 Å². The molecule has 0 amide bonds. The zero-order valence-electron chi connectivity index (χ0n) is 9.80. The van der Waals surface area contributed by atoms with E-state index >= 15 is 0 Å². The maximum Gasteiger partial charge on any atom is 0.321 e. The summed E-state index contributed by atoms with van der Waals surface area (Å²) in [6.07, 6.45) is 0. The summed E-state index contributed by atoms with van der Waals surface area (Å²) in [6, 6.07) is 6.05. The van der Waals surface area contributed by atoms with Gasteiger partial charge in [-0.25, -0.2) is 4.98 Å². The van der Waals surface area contributed by atoms with Gasteiger partial charge in [0.1, 0.15) is 5.69 Å². The lowest BCUT2D eigenvalue weighted by Gasteiger charge is -1.97. The van der Waals surface area contributed by atoms with E-state index in [-0.39, 0.29) is 0 Å². The van der Waals surface area contributed by atoms with E-state index in [1.165, 1.54) is 0 Å². The van der Waals surface area contributed by atoms with Crippen molar-refractivity contribution >= 4 is 6.01 Å². The van der Waals surface area contributed by atoms with Crippen LogP contribution in [0.4, 0.5) is 6.01 Å². The maximum atomic E-state index is 5.04. The highest BCUT2D eigenvalue weighted by Crippen LogP contribution is 2.15. The van der Waals surface area contributed by atoms with Crippen LogP contribution in [0, 0.1) is 6.92 Å². The largest absolute Gasteiger partial charge is 0.383 e. The Morgan fingerprint density at radius 2 is 2.24 bits per heavy atom. The van der Waals surface area contributed by atoms with E-state index in [4.69, 9.17) is 9.26 Å². The minimum Gasteiger partial charge on any atom is -0.383 e. The van der Waals surface area contributed by atoms with Crippen LogP contribution in [0.1, 0.15) is 5.69 Å². The van der Waals surface area contributed by atoms with Gasteiger partial charge in [-0.3, -0.25) is 0 Å². The Morgan fingerprint density at radius 3 is 3.00 bits per heavy atom. The number of nitrogens with one attached hydrogen (secondary N) is 1. The van der Waals surface area contributed by atoms with E-state index in [0.717, 1.165) is 5.69 Å². The molecular formula is C11H14N4O2. The third kappa shape index (κ3) is 3.01. The van der Waals surface area contributed by atoms with Gasteiger partial charge >= 0.3 is 6.01 Å². The van der Waals surface area contributed by atoms with Crippen molar-refractivity contribution in [2.24, 2.45) is 0 Å². The number of hydrogen-bond acceptors (Lipinski definition) is 6. The fourth-order valence-corrected chi connectivity index (χ4v) is 1.33. The Balaban J connectivity index is 2.07. The molecule has 0 atom stereocenters. The topological polar surface area (TPSA) is 73.1 Å². The quantitative estimate of drug-likeness (QED) is 0.790. The van der Waals surface area contributed by atoms with E-state index in [2.05, 4.69) is 20.4 Å². The molecule has 0 spiro atoms. The second-order valence-corrected chi connectivity index (χ2v) is 3.51. The van der Waals surface area contributed by atoms with Crippen LogP contribution in [0.25, 0.3) is 11.5 Å². The summed E-state index contributed by atoms with van der Waals surface area (Å²) in [5.74, 6) is 0.480. The van der Waals surface area contributed by atoms with E-state index < -0.39 is 0 Å². The first-order valence-corrected chi connectivity index (χ1v) is 5.30. The first-order chi connectivity index (χ1) is 8.29. The minimum absolute atomic E-state index is 0.375. The van der Waals surface area contributed by atoms with E-state index in [1.54, 1.807) is 7.11 Å². The van der Waals surface area contributed by atoms with Crippen LogP contribution in [0.3, 0.4) is 0 Å². The summed E-state index contributed by atoms with van der Waals surface area (Å²) in [7, 11) is 1.64. The molecule has 0 bridgehead atoms. The average Bonchev–Trinajstić information content (AvgIpc) is 2.78. The number of methoxy groups -OCH3 is 1. The number of nitrogens with zero attached hydrogens (tertiary/aromatic N) is 3. The molecule has 0 aromatic carbocycles. The molecule has 0 unspecified atom stereocenters. The number of aryl methyl sites for hydroxylation is 1. The molecule has 0 aliphatic carbocycles. The first kappa shape index (κ1) is 11.5. The van der Waals surface area contributed by atoms with Crippen LogP contribution in [-0.4, -0.2) is 35.4 Å². The molecule has 0 aliphatic rings.